The molecule has 152 valence electrons. The number of rotatable bonds is 5. The molecule has 0 N–H and O–H groups in total. The SMILES string of the molecule is CCOC(=O)Cn1c(=NC(=O)c2cc(Cl)ccc2OC)sc2cc(F)cc(F)c21. The van der Waals surface area contributed by atoms with Crippen LogP contribution in [0.15, 0.2) is 35.3 Å². The third-order valence-corrected chi connectivity index (χ3v) is 5.14. The van der Waals surface area contributed by atoms with Gasteiger partial charge in [0.05, 0.1) is 29.5 Å². The summed E-state index contributed by atoms with van der Waals surface area (Å²) < 4.78 is 39.5. The molecule has 3 aromatic rings. The predicted octanol–water partition coefficient (Wildman–Crippen LogP) is 3.95. The molecule has 0 saturated heterocycles. The molecule has 0 radical (unpaired) electrons. The van der Waals surface area contributed by atoms with Gasteiger partial charge in [0.25, 0.3) is 5.91 Å². The van der Waals surface area contributed by atoms with Crippen LogP contribution in [0.25, 0.3) is 10.2 Å². The van der Waals surface area contributed by atoms with E-state index < -0.39 is 30.1 Å². The molecule has 0 bridgehead atoms. The highest BCUT2D eigenvalue weighted by Crippen LogP contribution is 2.25. The van der Waals surface area contributed by atoms with Crippen molar-refractivity contribution in [3.8, 4) is 5.75 Å². The Morgan fingerprint density at radius 1 is 1.24 bits per heavy atom. The second kappa shape index (κ2) is 8.71. The summed E-state index contributed by atoms with van der Waals surface area (Å²) in [5, 5.41) is 0.299. The summed E-state index contributed by atoms with van der Waals surface area (Å²) in [6.07, 6.45) is 0. The average Bonchev–Trinajstić information content (AvgIpc) is 2.98. The topological polar surface area (TPSA) is 69.9 Å². The fourth-order valence-electron chi connectivity index (χ4n) is 2.69. The van der Waals surface area contributed by atoms with Gasteiger partial charge in [0, 0.05) is 11.1 Å². The number of fused-ring (bicyclic) bond motifs is 1. The molecule has 1 amide bonds. The maximum atomic E-state index is 14.4. The van der Waals surface area contributed by atoms with Crippen LogP contribution >= 0.6 is 22.9 Å². The summed E-state index contributed by atoms with van der Waals surface area (Å²) in [4.78, 5) is 28.7. The van der Waals surface area contributed by atoms with Crippen molar-refractivity contribution in [1.82, 2.24) is 4.57 Å². The molecular weight excluding hydrogens is 426 g/mol. The number of esters is 1. The lowest BCUT2D eigenvalue weighted by atomic mass is 10.2. The summed E-state index contributed by atoms with van der Waals surface area (Å²) >= 11 is 6.82. The van der Waals surface area contributed by atoms with Gasteiger partial charge in [-0.1, -0.05) is 22.9 Å². The highest BCUT2D eigenvalue weighted by atomic mass is 35.5. The number of amides is 1. The van der Waals surface area contributed by atoms with Crippen molar-refractivity contribution in [3.63, 3.8) is 0 Å². The Morgan fingerprint density at radius 3 is 2.69 bits per heavy atom. The van der Waals surface area contributed by atoms with Gasteiger partial charge in [0.1, 0.15) is 18.1 Å². The molecular formula is C19H15ClF2N2O4S. The van der Waals surface area contributed by atoms with Crippen LogP contribution in [0.3, 0.4) is 0 Å². The number of ether oxygens (including phenoxy) is 2. The molecule has 29 heavy (non-hydrogen) atoms. The zero-order valence-electron chi connectivity index (χ0n) is 15.4. The minimum absolute atomic E-state index is 0.00424. The zero-order chi connectivity index (χ0) is 21.1. The van der Waals surface area contributed by atoms with Crippen LogP contribution in [-0.4, -0.2) is 30.2 Å². The van der Waals surface area contributed by atoms with E-state index in [2.05, 4.69) is 4.99 Å². The van der Waals surface area contributed by atoms with E-state index in [9.17, 15) is 18.4 Å². The maximum absolute atomic E-state index is 14.4. The van der Waals surface area contributed by atoms with Gasteiger partial charge in [-0.3, -0.25) is 9.59 Å². The van der Waals surface area contributed by atoms with Gasteiger partial charge in [0.2, 0.25) is 0 Å². The Balaban J connectivity index is 2.20. The molecule has 0 saturated carbocycles. The van der Waals surface area contributed by atoms with Crippen molar-refractivity contribution < 1.29 is 27.8 Å². The van der Waals surface area contributed by atoms with Gasteiger partial charge in [-0.2, -0.15) is 4.99 Å². The fraction of sp³-hybridized carbons (Fsp3) is 0.211. The molecule has 2 aromatic carbocycles. The monoisotopic (exact) mass is 440 g/mol. The molecule has 3 rings (SSSR count). The Hall–Kier alpha value is -2.78. The van der Waals surface area contributed by atoms with Crippen LogP contribution in [0.1, 0.15) is 17.3 Å². The predicted molar refractivity (Wildman–Crippen MR) is 104 cm³/mol. The molecule has 0 unspecified atom stereocenters. The molecule has 1 aromatic heterocycles. The molecule has 1 heterocycles. The molecule has 0 aliphatic rings. The van der Waals surface area contributed by atoms with Gasteiger partial charge in [-0.05, 0) is 31.2 Å². The number of carbonyl (C=O) groups is 2. The number of methoxy groups -OCH3 is 1. The van der Waals surface area contributed by atoms with E-state index in [4.69, 9.17) is 21.1 Å². The van der Waals surface area contributed by atoms with Crippen molar-refractivity contribution >= 4 is 45.0 Å². The van der Waals surface area contributed by atoms with E-state index in [0.717, 1.165) is 17.4 Å². The smallest absolute Gasteiger partial charge is 0.326 e. The van der Waals surface area contributed by atoms with Crippen LogP contribution in [-0.2, 0) is 16.1 Å². The van der Waals surface area contributed by atoms with Crippen LogP contribution in [0.4, 0.5) is 8.78 Å². The van der Waals surface area contributed by atoms with Crippen molar-refractivity contribution in [2.75, 3.05) is 13.7 Å². The van der Waals surface area contributed by atoms with Gasteiger partial charge in [-0.25, -0.2) is 8.78 Å². The third kappa shape index (κ3) is 4.46. The minimum Gasteiger partial charge on any atom is -0.496 e. The molecule has 6 nitrogen and oxygen atoms in total. The Bertz CT molecular complexity index is 1170. The van der Waals surface area contributed by atoms with Gasteiger partial charge in [0.15, 0.2) is 10.6 Å². The fourth-order valence-corrected chi connectivity index (χ4v) is 3.93. The van der Waals surface area contributed by atoms with Crippen LogP contribution in [0.2, 0.25) is 5.02 Å². The summed E-state index contributed by atoms with van der Waals surface area (Å²) in [7, 11) is 1.39. The Morgan fingerprint density at radius 2 is 2.00 bits per heavy atom. The second-order valence-electron chi connectivity index (χ2n) is 5.77. The highest BCUT2D eigenvalue weighted by molar-refractivity contribution is 7.16. The lowest BCUT2D eigenvalue weighted by Crippen LogP contribution is -2.23. The molecule has 0 aliphatic heterocycles. The zero-order valence-corrected chi connectivity index (χ0v) is 16.9. The number of thiazole rings is 1. The number of aromatic nitrogens is 1. The van der Waals surface area contributed by atoms with Crippen molar-refractivity contribution in [2.45, 2.75) is 13.5 Å². The summed E-state index contributed by atoms with van der Waals surface area (Å²) in [5.74, 6) is -2.78. The first-order valence-electron chi connectivity index (χ1n) is 8.40. The van der Waals surface area contributed by atoms with Gasteiger partial charge in [-0.15, -0.1) is 0 Å². The van der Waals surface area contributed by atoms with Gasteiger partial charge < -0.3 is 14.0 Å². The summed E-state index contributed by atoms with van der Waals surface area (Å²) in [6.45, 7) is 1.36. The first-order valence-corrected chi connectivity index (χ1v) is 9.60. The summed E-state index contributed by atoms with van der Waals surface area (Å²) in [6, 6.07) is 6.25. The number of hydrogen-bond donors (Lipinski definition) is 0. The first-order chi connectivity index (χ1) is 13.8. The van der Waals surface area contributed by atoms with Crippen LogP contribution in [0.5, 0.6) is 5.75 Å². The molecule has 10 heteroatoms. The second-order valence-corrected chi connectivity index (χ2v) is 7.22. The molecule has 0 atom stereocenters. The van der Waals surface area contributed by atoms with Crippen molar-refractivity contribution in [1.29, 1.82) is 0 Å². The van der Waals surface area contributed by atoms with Crippen molar-refractivity contribution in [2.24, 2.45) is 4.99 Å². The first kappa shape index (κ1) is 20.9. The average molecular weight is 441 g/mol. The lowest BCUT2D eigenvalue weighted by molar-refractivity contribution is -0.143. The largest absolute Gasteiger partial charge is 0.496 e. The standard InChI is InChI=1S/C19H15ClF2N2O4S/c1-3-28-16(25)9-24-17-13(22)7-11(21)8-15(17)29-19(24)23-18(26)12-6-10(20)4-5-14(12)27-2/h4-8H,3,9H2,1-2H3. The number of nitrogens with zero attached hydrogens (tertiary/aromatic N) is 2. The lowest BCUT2D eigenvalue weighted by Gasteiger charge is -2.07. The molecule has 0 aliphatic carbocycles. The van der Waals surface area contributed by atoms with Crippen LogP contribution in [0, 0.1) is 11.6 Å². The normalized spacial score (nSPS) is 11.7. The third-order valence-electron chi connectivity index (χ3n) is 3.88. The van der Waals surface area contributed by atoms with E-state index in [0.29, 0.717) is 11.1 Å². The van der Waals surface area contributed by atoms with E-state index in [1.54, 1.807) is 13.0 Å². The highest BCUT2D eigenvalue weighted by Gasteiger charge is 2.18. The van der Waals surface area contributed by atoms with E-state index in [1.807, 2.05) is 0 Å². The Labute approximate surface area is 173 Å². The summed E-state index contributed by atoms with van der Waals surface area (Å²) in [5.41, 5.74) is 0.0425. The van der Waals surface area contributed by atoms with Gasteiger partial charge >= 0.3 is 5.97 Å². The molecule has 0 fully saturated rings. The number of halogens is 3. The van der Waals surface area contributed by atoms with Crippen LogP contribution < -0.4 is 9.54 Å². The minimum atomic E-state index is -0.880. The maximum Gasteiger partial charge on any atom is 0.326 e. The van der Waals surface area contributed by atoms with E-state index in [1.165, 1.54) is 23.8 Å². The van der Waals surface area contributed by atoms with E-state index in [-0.39, 0.29) is 32.9 Å². The quantitative estimate of drug-likeness (QED) is 0.563. The number of benzene rings is 2. The molecule has 0 spiro atoms. The number of carbonyl (C=O) groups excluding carboxylic acids is 2. The van der Waals surface area contributed by atoms with E-state index >= 15 is 0 Å². The Kier molecular flexibility index (Phi) is 6.29. The number of hydrogen-bond acceptors (Lipinski definition) is 5. The van der Waals surface area contributed by atoms with Crippen molar-refractivity contribution in [3.05, 3.63) is 57.4 Å².